The largest absolute Gasteiger partial charge is 0.346 e. The van der Waals surface area contributed by atoms with Crippen LogP contribution in [0, 0.1) is 6.92 Å². The lowest BCUT2D eigenvalue weighted by Gasteiger charge is -2.27. The molecule has 138 valence electrons. The monoisotopic (exact) mass is 369 g/mol. The van der Waals surface area contributed by atoms with E-state index >= 15 is 0 Å². The molecular formula is C23H19N3O2. The number of rotatable bonds is 4. The number of hydrogen-bond donors (Lipinski definition) is 1. The lowest BCUT2D eigenvalue weighted by molar-refractivity contribution is -0.130. The number of carbonyl (C=O) groups is 2. The van der Waals surface area contributed by atoms with Crippen molar-refractivity contribution in [1.29, 1.82) is 0 Å². The summed E-state index contributed by atoms with van der Waals surface area (Å²) in [5.74, 6) is -0.431. The summed E-state index contributed by atoms with van der Waals surface area (Å²) >= 11 is 0. The molecule has 0 aliphatic carbocycles. The van der Waals surface area contributed by atoms with Gasteiger partial charge in [-0.15, -0.1) is 5.01 Å². The first-order chi connectivity index (χ1) is 13.6. The maximum Gasteiger partial charge on any atom is 0.346 e. The fraction of sp³-hybridized carbons (Fsp3) is 0.0870. The number of aryl methyl sites for hydroxylation is 1. The lowest BCUT2D eigenvalue weighted by Crippen LogP contribution is -2.44. The van der Waals surface area contributed by atoms with Gasteiger partial charge in [0.1, 0.15) is 0 Å². The fourth-order valence-corrected chi connectivity index (χ4v) is 3.41. The molecule has 1 aliphatic rings. The molecule has 1 saturated heterocycles. The number of nitrogens with zero attached hydrogens (tertiary/aromatic N) is 2. The summed E-state index contributed by atoms with van der Waals surface area (Å²) in [6, 6.07) is 25.6. The number of urea groups is 1. The van der Waals surface area contributed by atoms with Crippen LogP contribution in [0.5, 0.6) is 0 Å². The van der Waals surface area contributed by atoms with Gasteiger partial charge in [0.15, 0.2) is 5.54 Å². The molecule has 1 N–H and O–H groups in total. The SMILES string of the molecule is Cc1ccccc1/C=N\N1C(=O)NC(c2ccccc2)(c2ccccc2)C1=O. The van der Waals surface area contributed by atoms with E-state index in [0.717, 1.165) is 16.1 Å². The molecule has 5 heteroatoms. The molecule has 0 atom stereocenters. The van der Waals surface area contributed by atoms with Crippen LogP contribution in [-0.2, 0) is 10.3 Å². The van der Waals surface area contributed by atoms with Gasteiger partial charge in [-0.05, 0) is 29.2 Å². The minimum atomic E-state index is -1.30. The van der Waals surface area contributed by atoms with E-state index in [1.807, 2.05) is 91.9 Å². The molecule has 0 aromatic heterocycles. The first kappa shape index (κ1) is 17.7. The van der Waals surface area contributed by atoms with Crippen molar-refractivity contribution in [3.63, 3.8) is 0 Å². The Balaban J connectivity index is 1.79. The highest BCUT2D eigenvalue weighted by molar-refractivity contribution is 6.10. The van der Waals surface area contributed by atoms with Crippen molar-refractivity contribution >= 4 is 18.2 Å². The van der Waals surface area contributed by atoms with Gasteiger partial charge in [0, 0.05) is 0 Å². The normalized spacial score (nSPS) is 15.8. The molecular weight excluding hydrogens is 350 g/mol. The third kappa shape index (κ3) is 2.87. The summed E-state index contributed by atoms with van der Waals surface area (Å²) in [5, 5.41) is 7.99. The highest BCUT2D eigenvalue weighted by atomic mass is 16.2. The van der Waals surface area contributed by atoms with Crippen LogP contribution in [0.4, 0.5) is 4.79 Å². The second-order valence-electron chi connectivity index (χ2n) is 6.63. The minimum Gasteiger partial charge on any atom is -0.314 e. The molecule has 0 unspecified atom stereocenters. The summed E-state index contributed by atoms with van der Waals surface area (Å²) in [7, 11) is 0. The van der Waals surface area contributed by atoms with Crippen molar-refractivity contribution in [3.8, 4) is 0 Å². The van der Waals surface area contributed by atoms with Crippen LogP contribution in [0.25, 0.3) is 0 Å². The molecule has 0 radical (unpaired) electrons. The molecule has 4 rings (SSSR count). The van der Waals surface area contributed by atoms with Gasteiger partial charge in [-0.1, -0.05) is 84.9 Å². The van der Waals surface area contributed by atoms with Crippen LogP contribution >= 0.6 is 0 Å². The van der Waals surface area contributed by atoms with Gasteiger partial charge < -0.3 is 5.32 Å². The Labute approximate surface area is 163 Å². The van der Waals surface area contributed by atoms with E-state index in [9.17, 15) is 9.59 Å². The molecule has 0 spiro atoms. The molecule has 3 amide bonds. The number of hydrazone groups is 1. The quantitative estimate of drug-likeness (QED) is 0.561. The van der Waals surface area contributed by atoms with E-state index < -0.39 is 17.5 Å². The fourth-order valence-electron chi connectivity index (χ4n) is 3.41. The van der Waals surface area contributed by atoms with Gasteiger partial charge >= 0.3 is 6.03 Å². The highest BCUT2D eigenvalue weighted by Crippen LogP contribution is 2.36. The second kappa shape index (κ2) is 7.12. The Hall–Kier alpha value is -3.73. The molecule has 1 aliphatic heterocycles. The van der Waals surface area contributed by atoms with E-state index in [1.54, 1.807) is 6.21 Å². The van der Waals surface area contributed by atoms with Crippen LogP contribution in [-0.4, -0.2) is 23.2 Å². The molecule has 3 aromatic rings. The first-order valence-corrected chi connectivity index (χ1v) is 9.00. The van der Waals surface area contributed by atoms with E-state index in [-0.39, 0.29) is 0 Å². The highest BCUT2D eigenvalue weighted by Gasteiger charge is 2.54. The van der Waals surface area contributed by atoms with Crippen LogP contribution < -0.4 is 5.32 Å². The topological polar surface area (TPSA) is 61.8 Å². The van der Waals surface area contributed by atoms with Crippen molar-refractivity contribution in [1.82, 2.24) is 10.3 Å². The number of amides is 3. The molecule has 0 saturated carbocycles. The maximum atomic E-state index is 13.5. The average Bonchev–Trinajstić information content (AvgIpc) is 3.00. The lowest BCUT2D eigenvalue weighted by atomic mass is 9.83. The average molecular weight is 369 g/mol. The van der Waals surface area contributed by atoms with Gasteiger partial charge in [0.25, 0.3) is 5.91 Å². The summed E-state index contributed by atoms with van der Waals surface area (Å²) in [5.41, 5.74) is 1.93. The summed E-state index contributed by atoms with van der Waals surface area (Å²) in [6.45, 7) is 1.95. The van der Waals surface area contributed by atoms with Gasteiger partial charge in [0.2, 0.25) is 0 Å². The van der Waals surface area contributed by atoms with Gasteiger partial charge in [-0.2, -0.15) is 5.10 Å². The van der Waals surface area contributed by atoms with Crippen LogP contribution in [0.15, 0.2) is 90.0 Å². The van der Waals surface area contributed by atoms with E-state index in [4.69, 9.17) is 0 Å². The van der Waals surface area contributed by atoms with Crippen LogP contribution in [0.2, 0.25) is 0 Å². The Kier molecular flexibility index (Phi) is 4.49. The zero-order valence-electron chi connectivity index (χ0n) is 15.4. The van der Waals surface area contributed by atoms with E-state index in [2.05, 4.69) is 10.4 Å². The van der Waals surface area contributed by atoms with Gasteiger partial charge in [-0.3, -0.25) is 4.79 Å². The number of nitrogens with one attached hydrogen (secondary N) is 1. The molecule has 5 nitrogen and oxygen atoms in total. The maximum absolute atomic E-state index is 13.5. The van der Waals surface area contributed by atoms with Crippen molar-refractivity contribution in [2.75, 3.05) is 0 Å². The van der Waals surface area contributed by atoms with E-state index in [0.29, 0.717) is 11.1 Å². The Morgan fingerprint density at radius 3 is 1.93 bits per heavy atom. The number of imide groups is 1. The summed E-state index contributed by atoms with van der Waals surface area (Å²) < 4.78 is 0. The zero-order valence-corrected chi connectivity index (χ0v) is 15.4. The third-order valence-electron chi connectivity index (χ3n) is 4.91. The van der Waals surface area contributed by atoms with Gasteiger partial charge in [-0.25, -0.2) is 4.79 Å². The molecule has 1 fully saturated rings. The molecule has 3 aromatic carbocycles. The van der Waals surface area contributed by atoms with Crippen LogP contribution in [0.3, 0.4) is 0 Å². The minimum absolute atomic E-state index is 0.431. The summed E-state index contributed by atoms with van der Waals surface area (Å²) in [4.78, 5) is 26.2. The second-order valence-corrected chi connectivity index (χ2v) is 6.63. The predicted molar refractivity (Wildman–Crippen MR) is 108 cm³/mol. The standard InChI is InChI=1S/C23H19N3O2/c1-17-10-8-9-11-18(17)16-24-26-21(27)23(25-22(26)28,19-12-4-2-5-13-19)20-14-6-3-7-15-20/h2-16H,1H3,(H,25,28)/b24-16-. The van der Waals surface area contributed by atoms with Crippen molar-refractivity contribution in [2.45, 2.75) is 12.5 Å². The predicted octanol–water partition coefficient (Wildman–Crippen LogP) is 3.82. The molecule has 1 heterocycles. The zero-order chi connectivity index (χ0) is 19.6. The Morgan fingerprint density at radius 2 is 1.36 bits per heavy atom. The van der Waals surface area contributed by atoms with Crippen molar-refractivity contribution in [2.24, 2.45) is 5.10 Å². The van der Waals surface area contributed by atoms with E-state index in [1.165, 1.54) is 0 Å². The third-order valence-corrected chi connectivity index (χ3v) is 4.91. The molecule has 28 heavy (non-hydrogen) atoms. The number of benzene rings is 3. The first-order valence-electron chi connectivity index (χ1n) is 9.00. The summed E-state index contributed by atoms with van der Waals surface area (Å²) in [6.07, 6.45) is 1.54. The number of carbonyl (C=O) groups excluding carboxylic acids is 2. The van der Waals surface area contributed by atoms with Crippen molar-refractivity contribution in [3.05, 3.63) is 107 Å². The Bertz CT molecular complexity index is 1010. The Morgan fingerprint density at radius 1 is 0.821 bits per heavy atom. The number of hydrogen-bond acceptors (Lipinski definition) is 3. The van der Waals surface area contributed by atoms with Crippen molar-refractivity contribution < 1.29 is 9.59 Å². The van der Waals surface area contributed by atoms with Crippen LogP contribution in [0.1, 0.15) is 22.3 Å². The smallest absolute Gasteiger partial charge is 0.314 e. The van der Waals surface area contributed by atoms with Gasteiger partial charge in [0.05, 0.1) is 6.21 Å². The molecule has 0 bridgehead atoms.